The van der Waals surface area contributed by atoms with E-state index in [0.29, 0.717) is 6.04 Å². The normalized spacial score (nSPS) is 20.6. The zero-order valence-corrected chi connectivity index (χ0v) is 9.40. The van der Waals surface area contributed by atoms with E-state index in [1.807, 2.05) is 6.07 Å². The van der Waals surface area contributed by atoms with Gasteiger partial charge >= 0.3 is 0 Å². The molecule has 2 heterocycles. The van der Waals surface area contributed by atoms with Crippen LogP contribution < -0.4 is 10.5 Å². The zero-order valence-electron chi connectivity index (χ0n) is 9.40. The van der Waals surface area contributed by atoms with E-state index in [9.17, 15) is 0 Å². The molecule has 0 radical (unpaired) electrons. The summed E-state index contributed by atoms with van der Waals surface area (Å²) in [6.07, 6.45) is 0. The molecule has 0 aromatic heterocycles. The third kappa shape index (κ3) is 1.45. The third-order valence-corrected chi connectivity index (χ3v) is 3.44. The minimum Gasteiger partial charge on any atom is -0.495 e. The van der Waals surface area contributed by atoms with Crippen molar-refractivity contribution in [1.29, 1.82) is 0 Å². The van der Waals surface area contributed by atoms with Gasteiger partial charge in [-0.15, -0.1) is 0 Å². The first-order chi connectivity index (χ1) is 7.78. The van der Waals surface area contributed by atoms with E-state index in [2.05, 4.69) is 11.0 Å². The highest BCUT2D eigenvalue weighted by molar-refractivity contribution is 5.57. The van der Waals surface area contributed by atoms with Crippen LogP contribution in [0.3, 0.4) is 0 Å². The van der Waals surface area contributed by atoms with E-state index in [1.165, 1.54) is 11.1 Å². The van der Waals surface area contributed by atoms with Crippen molar-refractivity contribution in [3.05, 3.63) is 23.3 Å². The standard InChI is InChI=1S/C12H16N2O2/c1-15-12-3-9-5-14(10-6-16-7-10)4-8(9)2-11(12)13/h2-3,10H,4-7,13H2,1H3. The van der Waals surface area contributed by atoms with Gasteiger partial charge < -0.3 is 15.2 Å². The number of ether oxygens (including phenoxy) is 2. The first-order valence-corrected chi connectivity index (χ1v) is 5.55. The van der Waals surface area contributed by atoms with Gasteiger partial charge in [0.05, 0.1) is 32.1 Å². The molecule has 16 heavy (non-hydrogen) atoms. The minimum atomic E-state index is 0.583. The Hall–Kier alpha value is -1.26. The van der Waals surface area contributed by atoms with Gasteiger partial charge in [0.25, 0.3) is 0 Å². The number of nitrogens with zero attached hydrogens (tertiary/aromatic N) is 1. The highest BCUT2D eigenvalue weighted by atomic mass is 16.5. The lowest BCUT2D eigenvalue weighted by atomic mass is 10.1. The van der Waals surface area contributed by atoms with Crippen molar-refractivity contribution < 1.29 is 9.47 Å². The maximum Gasteiger partial charge on any atom is 0.142 e. The molecule has 1 aromatic carbocycles. The molecule has 4 nitrogen and oxygen atoms in total. The summed E-state index contributed by atoms with van der Waals surface area (Å²) in [4.78, 5) is 2.44. The van der Waals surface area contributed by atoms with Crippen molar-refractivity contribution in [2.75, 3.05) is 26.1 Å². The molecule has 4 heteroatoms. The number of rotatable bonds is 2. The average molecular weight is 220 g/mol. The molecular formula is C12H16N2O2. The molecule has 3 rings (SSSR count). The Labute approximate surface area is 94.9 Å². The lowest BCUT2D eigenvalue weighted by Crippen LogP contribution is -2.46. The van der Waals surface area contributed by atoms with Gasteiger partial charge in [-0.25, -0.2) is 0 Å². The van der Waals surface area contributed by atoms with Crippen LogP contribution in [0.25, 0.3) is 0 Å². The number of nitrogen functional groups attached to an aromatic ring is 1. The number of fused-ring (bicyclic) bond motifs is 1. The second-order valence-corrected chi connectivity index (χ2v) is 4.46. The van der Waals surface area contributed by atoms with Gasteiger partial charge in [0, 0.05) is 13.1 Å². The lowest BCUT2D eigenvalue weighted by molar-refractivity contribution is -0.0669. The molecule has 0 amide bonds. The predicted molar refractivity (Wildman–Crippen MR) is 61.3 cm³/mol. The number of hydrogen-bond donors (Lipinski definition) is 1. The Morgan fingerprint density at radius 1 is 1.31 bits per heavy atom. The molecule has 0 unspecified atom stereocenters. The minimum absolute atomic E-state index is 0.583. The lowest BCUT2D eigenvalue weighted by Gasteiger charge is -2.34. The molecule has 2 N–H and O–H groups in total. The SMILES string of the molecule is COc1cc2c(cc1N)CN(C1COC1)C2. The number of methoxy groups -OCH3 is 1. The third-order valence-electron chi connectivity index (χ3n) is 3.44. The largest absolute Gasteiger partial charge is 0.495 e. The summed E-state index contributed by atoms with van der Waals surface area (Å²) in [5.74, 6) is 0.783. The summed E-state index contributed by atoms with van der Waals surface area (Å²) in [5, 5.41) is 0. The van der Waals surface area contributed by atoms with Gasteiger partial charge in [0.1, 0.15) is 5.75 Å². The highest BCUT2D eigenvalue weighted by Gasteiger charge is 2.31. The first kappa shape index (κ1) is 9.93. The zero-order chi connectivity index (χ0) is 11.1. The van der Waals surface area contributed by atoms with Crippen LogP contribution in [-0.4, -0.2) is 31.3 Å². The van der Waals surface area contributed by atoms with E-state index in [-0.39, 0.29) is 0 Å². The van der Waals surface area contributed by atoms with Gasteiger partial charge in [0.2, 0.25) is 0 Å². The first-order valence-electron chi connectivity index (χ1n) is 5.55. The summed E-state index contributed by atoms with van der Waals surface area (Å²) in [6.45, 7) is 3.69. The molecule has 1 aromatic rings. The maximum atomic E-state index is 5.90. The fourth-order valence-corrected chi connectivity index (χ4v) is 2.34. The fraction of sp³-hybridized carbons (Fsp3) is 0.500. The Kier molecular flexibility index (Phi) is 2.26. The quantitative estimate of drug-likeness (QED) is 0.755. The van der Waals surface area contributed by atoms with Gasteiger partial charge in [-0.2, -0.15) is 0 Å². The smallest absolute Gasteiger partial charge is 0.142 e. The molecule has 0 saturated carbocycles. The van der Waals surface area contributed by atoms with E-state index in [4.69, 9.17) is 15.2 Å². The van der Waals surface area contributed by atoms with E-state index in [0.717, 1.165) is 37.7 Å². The van der Waals surface area contributed by atoms with Crippen molar-refractivity contribution >= 4 is 5.69 Å². The van der Waals surface area contributed by atoms with Gasteiger partial charge in [-0.05, 0) is 23.3 Å². The number of anilines is 1. The monoisotopic (exact) mass is 220 g/mol. The van der Waals surface area contributed by atoms with E-state index >= 15 is 0 Å². The molecule has 0 atom stereocenters. The van der Waals surface area contributed by atoms with Crippen molar-refractivity contribution in [1.82, 2.24) is 4.90 Å². The molecule has 1 saturated heterocycles. The summed E-state index contributed by atoms with van der Waals surface area (Å²) in [7, 11) is 1.66. The molecule has 2 aliphatic heterocycles. The Morgan fingerprint density at radius 2 is 2.00 bits per heavy atom. The number of nitrogens with two attached hydrogens (primary N) is 1. The Bertz CT molecular complexity index is 416. The summed E-state index contributed by atoms with van der Waals surface area (Å²) in [5.41, 5.74) is 9.29. The molecule has 2 aliphatic rings. The number of hydrogen-bond acceptors (Lipinski definition) is 4. The van der Waals surface area contributed by atoms with Crippen LogP contribution in [0.4, 0.5) is 5.69 Å². The van der Waals surface area contributed by atoms with Crippen LogP contribution in [-0.2, 0) is 17.8 Å². The van der Waals surface area contributed by atoms with Gasteiger partial charge in [-0.3, -0.25) is 4.90 Å². The predicted octanol–water partition coefficient (Wildman–Crippen LogP) is 0.992. The summed E-state index contributed by atoms with van der Waals surface area (Å²) < 4.78 is 10.5. The molecule has 0 bridgehead atoms. The average Bonchev–Trinajstić information content (AvgIpc) is 2.55. The molecule has 86 valence electrons. The second-order valence-electron chi connectivity index (χ2n) is 4.46. The van der Waals surface area contributed by atoms with Crippen LogP contribution in [0.15, 0.2) is 12.1 Å². The van der Waals surface area contributed by atoms with Crippen LogP contribution >= 0.6 is 0 Å². The van der Waals surface area contributed by atoms with Crippen molar-refractivity contribution in [2.24, 2.45) is 0 Å². The van der Waals surface area contributed by atoms with E-state index < -0.39 is 0 Å². The van der Waals surface area contributed by atoms with Crippen LogP contribution in [0.5, 0.6) is 5.75 Å². The van der Waals surface area contributed by atoms with Crippen molar-refractivity contribution in [3.8, 4) is 5.75 Å². The summed E-state index contributed by atoms with van der Waals surface area (Å²) >= 11 is 0. The second kappa shape index (κ2) is 3.64. The molecule has 0 spiro atoms. The van der Waals surface area contributed by atoms with Crippen LogP contribution in [0, 0.1) is 0 Å². The van der Waals surface area contributed by atoms with Crippen molar-refractivity contribution in [3.63, 3.8) is 0 Å². The Balaban J connectivity index is 1.85. The Morgan fingerprint density at radius 3 is 2.56 bits per heavy atom. The molecule has 1 fully saturated rings. The fourth-order valence-electron chi connectivity index (χ4n) is 2.34. The van der Waals surface area contributed by atoms with Crippen molar-refractivity contribution in [2.45, 2.75) is 19.1 Å². The van der Waals surface area contributed by atoms with Gasteiger partial charge in [0.15, 0.2) is 0 Å². The molecular weight excluding hydrogens is 204 g/mol. The number of benzene rings is 1. The summed E-state index contributed by atoms with van der Waals surface area (Å²) in [6, 6.07) is 4.68. The molecule has 0 aliphatic carbocycles. The van der Waals surface area contributed by atoms with Crippen LogP contribution in [0.1, 0.15) is 11.1 Å². The van der Waals surface area contributed by atoms with Crippen LogP contribution in [0.2, 0.25) is 0 Å². The highest BCUT2D eigenvalue weighted by Crippen LogP contribution is 2.33. The van der Waals surface area contributed by atoms with E-state index in [1.54, 1.807) is 7.11 Å². The topological polar surface area (TPSA) is 47.7 Å². The maximum absolute atomic E-state index is 5.90. The van der Waals surface area contributed by atoms with Gasteiger partial charge in [-0.1, -0.05) is 0 Å².